The first-order valence-corrected chi connectivity index (χ1v) is 6.32. The Morgan fingerprint density at radius 1 is 1.67 bits per heavy atom. The highest BCUT2D eigenvalue weighted by Crippen LogP contribution is 2.40. The zero-order chi connectivity index (χ0) is 15.4. The lowest BCUT2D eigenvalue weighted by molar-refractivity contribution is -0.238. The molecular formula is C11H14FN5O4. The van der Waals surface area contributed by atoms with E-state index in [4.69, 9.17) is 10.5 Å². The van der Waals surface area contributed by atoms with Gasteiger partial charge in [-0.1, -0.05) is 6.92 Å². The number of hydrogen-bond acceptors (Lipinski definition) is 7. The van der Waals surface area contributed by atoms with Crippen molar-refractivity contribution >= 4 is 17.1 Å². The zero-order valence-corrected chi connectivity index (χ0v) is 11.0. The largest absolute Gasteiger partial charge is 0.384 e. The third-order valence-corrected chi connectivity index (χ3v) is 3.59. The molecule has 5 N–H and O–H groups in total. The van der Waals surface area contributed by atoms with Crippen LogP contribution in [0.5, 0.6) is 0 Å². The summed E-state index contributed by atoms with van der Waals surface area (Å²) in [7, 11) is 0. The molecule has 0 spiro atoms. The van der Waals surface area contributed by atoms with E-state index >= 15 is 0 Å². The number of ether oxygens (including phenoxy) is 1. The van der Waals surface area contributed by atoms with E-state index in [1.807, 2.05) is 0 Å². The number of nitrogens with zero attached hydrogens (tertiary/aromatic N) is 3. The van der Waals surface area contributed by atoms with Crippen LogP contribution in [0.3, 0.4) is 0 Å². The van der Waals surface area contributed by atoms with Gasteiger partial charge in [-0.3, -0.25) is 14.3 Å². The average Bonchev–Trinajstić information content (AvgIpc) is 2.95. The van der Waals surface area contributed by atoms with Crippen LogP contribution >= 0.6 is 0 Å². The van der Waals surface area contributed by atoms with Crippen molar-refractivity contribution in [1.29, 1.82) is 0 Å². The average molecular weight is 299 g/mol. The van der Waals surface area contributed by atoms with Gasteiger partial charge in [-0.05, 0) is 0 Å². The number of aliphatic hydroxyl groups excluding tert-OH is 1. The Morgan fingerprint density at radius 2 is 2.38 bits per heavy atom. The van der Waals surface area contributed by atoms with E-state index in [2.05, 4.69) is 15.0 Å². The standard InChI is InChI=1S/C11H14FN5O4/c1-2-11(20)6(18)4(12)9(21-11)17-3-14-5-7(17)15-10(13)16-8(5)19/h3-4,6,9,18,20H,2H2,1H3,(H3,13,15,16,19)/t4-,6+,9-,11+/m1/s1. The Morgan fingerprint density at radius 3 is 3.00 bits per heavy atom. The number of imidazole rings is 1. The SMILES string of the molecule is CC[C@]1(O)O[C@@H](n2cnc3c(=O)[nH]c(N)nc32)[C@H](F)[C@@H]1O. The van der Waals surface area contributed by atoms with Crippen molar-refractivity contribution in [2.24, 2.45) is 0 Å². The molecule has 1 aliphatic rings. The van der Waals surface area contributed by atoms with Crippen LogP contribution in [0.1, 0.15) is 19.6 Å². The Kier molecular flexibility index (Phi) is 2.97. The molecule has 1 fully saturated rings. The highest BCUT2D eigenvalue weighted by atomic mass is 19.1. The fourth-order valence-corrected chi connectivity index (χ4v) is 2.38. The number of hydrogen-bond donors (Lipinski definition) is 4. The maximum absolute atomic E-state index is 14.2. The molecule has 3 rings (SSSR count). The summed E-state index contributed by atoms with van der Waals surface area (Å²) in [6.07, 6.45) is -3.84. The maximum Gasteiger partial charge on any atom is 0.280 e. The van der Waals surface area contributed by atoms with E-state index in [1.165, 1.54) is 0 Å². The first-order chi connectivity index (χ1) is 9.87. The van der Waals surface area contributed by atoms with Crippen LogP contribution in [-0.4, -0.2) is 47.8 Å². The number of aliphatic hydroxyl groups is 2. The molecule has 0 bridgehead atoms. The summed E-state index contributed by atoms with van der Waals surface area (Å²) >= 11 is 0. The monoisotopic (exact) mass is 299 g/mol. The molecule has 0 amide bonds. The molecule has 21 heavy (non-hydrogen) atoms. The molecule has 0 aliphatic carbocycles. The number of nitrogens with two attached hydrogens (primary N) is 1. The van der Waals surface area contributed by atoms with Gasteiger partial charge >= 0.3 is 0 Å². The molecule has 9 nitrogen and oxygen atoms in total. The summed E-state index contributed by atoms with van der Waals surface area (Å²) < 4.78 is 20.6. The third-order valence-electron chi connectivity index (χ3n) is 3.59. The second-order valence-electron chi connectivity index (χ2n) is 4.87. The van der Waals surface area contributed by atoms with Gasteiger partial charge in [0.05, 0.1) is 6.33 Å². The molecule has 10 heteroatoms. The van der Waals surface area contributed by atoms with Gasteiger partial charge in [-0.25, -0.2) is 9.37 Å². The molecule has 0 aromatic carbocycles. The molecule has 4 atom stereocenters. The molecule has 1 aliphatic heterocycles. The van der Waals surface area contributed by atoms with Crippen LogP contribution in [0.25, 0.3) is 11.2 Å². The van der Waals surface area contributed by atoms with Gasteiger partial charge in [0.1, 0.15) is 6.10 Å². The smallest absolute Gasteiger partial charge is 0.280 e. The molecule has 0 saturated carbocycles. The number of H-pyrrole nitrogens is 1. The number of alkyl halides is 1. The van der Waals surface area contributed by atoms with Crippen molar-refractivity contribution in [3.63, 3.8) is 0 Å². The van der Waals surface area contributed by atoms with E-state index < -0.39 is 29.8 Å². The molecule has 3 heterocycles. The summed E-state index contributed by atoms with van der Waals surface area (Å²) in [5.74, 6) is -2.16. The van der Waals surface area contributed by atoms with Gasteiger partial charge in [-0.2, -0.15) is 4.98 Å². The van der Waals surface area contributed by atoms with E-state index in [0.29, 0.717) is 0 Å². The minimum Gasteiger partial charge on any atom is -0.384 e. The number of rotatable bonds is 2. The quantitative estimate of drug-likeness (QED) is 0.559. The number of aromatic nitrogens is 4. The summed E-state index contributed by atoms with van der Waals surface area (Å²) in [5.41, 5.74) is 4.85. The van der Waals surface area contributed by atoms with Crippen LogP contribution in [-0.2, 0) is 4.74 Å². The van der Waals surface area contributed by atoms with Crippen LogP contribution in [0.4, 0.5) is 10.3 Å². The second-order valence-corrected chi connectivity index (χ2v) is 4.87. The molecular weight excluding hydrogens is 285 g/mol. The van der Waals surface area contributed by atoms with Crippen LogP contribution in [0.15, 0.2) is 11.1 Å². The van der Waals surface area contributed by atoms with E-state index in [-0.39, 0.29) is 23.5 Å². The van der Waals surface area contributed by atoms with Gasteiger partial charge in [0, 0.05) is 6.42 Å². The van der Waals surface area contributed by atoms with Crippen molar-refractivity contribution in [2.45, 2.75) is 37.6 Å². The van der Waals surface area contributed by atoms with Crippen molar-refractivity contribution in [3.05, 3.63) is 16.7 Å². The summed E-state index contributed by atoms with van der Waals surface area (Å²) in [5, 5.41) is 19.8. The highest BCUT2D eigenvalue weighted by Gasteiger charge is 2.54. The third kappa shape index (κ3) is 1.91. The van der Waals surface area contributed by atoms with Gasteiger partial charge in [0.15, 0.2) is 29.4 Å². The molecule has 2 aromatic rings. The fourth-order valence-electron chi connectivity index (χ4n) is 2.38. The van der Waals surface area contributed by atoms with E-state index in [1.54, 1.807) is 6.92 Å². The van der Waals surface area contributed by atoms with Gasteiger partial charge in [0.2, 0.25) is 5.95 Å². The normalized spacial score (nSPS) is 32.9. The number of aromatic amines is 1. The van der Waals surface area contributed by atoms with Gasteiger partial charge < -0.3 is 20.7 Å². The summed E-state index contributed by atoms with van der Waals surface area (Å²) in [4.78, 5) is 21.7. The lowest BCUT2D eigenvalue weighted by Crippen LogP contribution is -2.41. The Balaban J connectivity index is 2.12. The molecule has 1 saturated heterocycles. The minimum absolute atomic E-state index is 0.00608. The number of halogens is 1. The first kappa shape index (κ1) is 13.9. The van der Waals surface area contributed by atoms with Gasteiger partial charge in [-0.15, -0.1) is 0 Å². The topological polar surface area (TPSA) is 139 Å². The lowest BCUT2D eigenvalue weighted by atomic mass is 10.1. The molecule has 2 aromatic heterocycles. The number of nitrogens with one attached hydrogen (secondary N) is 1. The van der Waals surface area contributed by atoms with Crippen LogP contribution < -0.4 is 11.3 Å². The Hall–Kier alpha value is -2.04. The minimum atomic E-state index is -2.01. The highest BCUT2D eigenvalue weighted by molar-refractivity contribution is 5.70. The lowest BCUT2D eigenvalue weighted by Gasteiger charge is -2.23. The Labute approximate surface area is 117 Å². The number of fused-ring (bicyclic) bond motifs is 1. The maximum atomic E-state index is 14.2. The van der Waals surface area contributed by atoms with Crippen molar-refractivity contribution in [3.8, 4) is 0 Å². The first-order valence-electron chi connectivity index (χ1n) is 6.32. The van der Waals surface area contributed by atoms with Crippen molar-refractivity contribution in [1.82, 2.24) is 19.5 Å². The van der Waals surface area contributed by atoms with Crippen LogP contribution in [0.2, 0.25) is 0 Å². The zero-order valence-electron chi connectivity index (χ0n) is 11.0. The fraction of sp³-hybridized carbons (Fsp3) is 0.545. The van der Waals surface area contributed by atoms with E-state index in [9.17, 15) is 19.4 Å². The molecule has 114 valence electrons. The van der Waals surface area contributed by atoms with E-state index in [0.717, 1.165) is 10.9 Å². The second kappa shape index (κ2) is 4.48. The Bertz CT molecular complexity index is 746. The van der Waals surface area contributed by atoms with Gasteiger partial charge in [0.25, 0.3) is 5.56 Å². The predicted molar refractivity (Wildman–Crippen MR) is 68.8 cm³/mol. The molecule has 0 unspecified atom stereocenters. The molecule has 0 radical (unpaired) electrons. The van der Waals surface area contributed by atoms with Crippen LogP contribution in [0, 0.1) is 0 Å². The predicted octanol–water partition coefficient (Wildman–Crippen LogP) is -0.972. The number of anilines is 1. The summed E-state index contributed by atoms with van der Waals surface area (Å²) in [6.45, 7) is 1.55. The summed E-state index contributed by atoms with van der Waals surface area (Å²) in [6, 6.07) is 0. The van der Waals surface area contributed by atoms with Crippen molar-refractivity contribution in [2.75, 3.05) is 5.73 Å². The number of nitrogen functional groups attached to an aromatic ring is 1. The van der Waals surface area contributed by atoms with Crippen molar-refractivity contribution < 1.29 is 19.3 Å².